The Kier molecular flexibility index (Phi) is 2.71. The molecular formula is C8H10ClN3S. The number of nitrogens with zero attached hydrogens (tertiary/aromatic N) is 2. The van der Waals surface area contributed by atoms with Crippen molar-refractivity contribution in [3.05, 3.63) is 16.4 Å². The molecule has 0 amide bonds. The zero-order valence-electron chi connectivity index (χ0n) is 7.30. The second-order valence-corrected chi connectivity index (χ2v) is 3.98. The minimum atomic E-state index is 0.599. The molecule has 0 radical (unpaired) electrons. The highest BCUT2D eigenvalue weighted by Crippen LogP contribution is 2.22. The van der Waals surface area contributed by atoms with Gasteiger partial charge < -0.3 is 5.32 Å². The van der Waals surface area contributed by atoms with Crippen LogP contribution in [-0.2, 0) is 13.0 Å². The average Bonchev–Trinajstić information content (AvgIpc) is 2.18. The van der Waals surface area contributed by atoms with E-state index in [9.17, 15) is 0 Å². The van der Waals surface area contributed by atoms with E-state index in [0.29, 0.717) is 5.15 Å². The van der Waals surface area contributed by atoms with Gasteiger partial charge in [0.05, 0.1) is 5.69 Å². The maximum atomic E-state index is 6.02. The standard InChI is InChI=1S/C8H10ClN3S/c1-13-8-11-6-2-3-10-4-5(6)7(9)12-8/h10H,2-4H2,1H3. The Hall–Kier alpha value is -0.320. The maximum absolute atomic E-state index is 6.02. The third kappa shape index (κ3) is 1.80. The molecule has 1 aliphatic heterocycles. The Balaban J connectivity index is 2.47. The molecule has 13 heavy (non-hydrogen) atoms. The molecule has 0 aliphatic carbocycles. The zero-order valence-corrected chi connectivity index (χ0v) is 8.87. The topological polar surface area (TPSA) is 37.8 Å². The molecule has 0 fully saturated rings. The van der Waals surface area contributed by atoms with Gasteiger partial charge in [0.15, 0.2) is 5.16 Å². The normalized spacial score (nSPS) is 15.5. The number of aromatic nitrogens is 2. The van der Waals surface area contributed by atoms with Gasteiger partial charge in [-0.15, -0.1) is 0 Å². The molecule has 3 nitrogen and oxygen atoms in total. The Morgan fingerprint density at radius 1 is 1.46 bits per heavy atom. The molecule has 2 heterocycles. The summed E-state index contributed by atoms with van der Waals surface area (Å²) in [6.45, 7) is 1.77. The fourth-order valence-corrected chi connectivity index (χ4v) is 2.06. The van der Waals surface area contributed by atoms with E-state index < -0.39 is 0 Å². The lowest BCUT2D eigenvalue weighted by atomic mass is 10.1. The summed E-state index contributed by atoms with van der Waals surface area (Å²) in [5, 5.41) is 4.62. The third-order valence-corrected chi connectivity index (χ3v) is 2.91. The Morgan fingerprint density at radius 3 is 3.08 bits per heavy atom. The van der Waals surface area contributed by atoms with Crippen LogP contribution in [0.1, 0.15) is 11.3 Å². The summed E-state index contributed by atoms with van der Waals surface area (Å²) >= 11 is 7.55. The molecule has 1 aromatic heterocycles. The van der Waals surface area contributed by atoms with E-state index in [1.165, 1.54) is 11.8 Å². The summed E-state index contributed by atoms with van der Waals surface area (Å²) in [5.74, 6) is 0. The van der Waals surface area contributed by atoms with Gasteiger partial charge in [-0.05, 0) is 6.26 Å². The number of fused-ring (bicyclic) bond motifs is 1. The third-order valence-electron chi connectivity index (χ3n) is 2.04. The largest absolute Gasteiger partial charge is 0.312 e. The van der Waals surface area contributed by atoms with E-state index in [1.54, 1.807) is 0 Å². The lowest BCUT2D eigenvalue weighted by Crippen LogP contribution is -2.25. The van der Waals surface area contributed by atoms with Crippen LogP contribution < -0.4 is 5.32 Å². The average molecular weight is 216 g/mol. The van der Waals surface area contributed by atoms with Crippen molar-refractivity contribution < 1.29 is 0 Å². The summed E-state index contributed by atoms with van der Waals surface area (Å²) in [6, 6.07) is 0. The maximum Gasteiger partial charge on any atom is 0.188 e. The Morgan fingerprint density at radius 2 is 2.31 bits per heavy atom. The molecule has 0 atom stereocenters. The number of hydrogen-bond acceptors (Lipinski definition) is 4. The SMILES string of the molecule is CSc1nc(Cl)c2c(n1)CCNC2. The van der Waals surface area contributed by atoms with E-state index in [-0.39, 0.29) is 0 Å². The predicted octanol–water partition coefficient (Wildman–Crippen LogP) is 1.50. The predicted molar refractivity (Wildman–Crippen MR) is 54.2 cm³/mol. The summed E-state index contributed by atoms with van der Waals surface area (Å²) in [4.78, 5) is 8.60. The first-order valence-corrected chi connectivity index (χ1v) is 5.71. The van der Waals surface area contributed by atoms with E-state index in [1.807, 2.05) is 6.26 Å². The molecule has 1 N–H and O–H groups in total. The summed E-state index contributed by atoms with van der Waals surface area (Å²) in [5.41, 5.74) is 2.16. The molecule has 0 spiro atoms. The molecule has 1 aromatic rings. The van der Waals surface area contributed by atoms with Crippen molar-refractivity contribution in [2.24, 2.45) is 0 Å². The smallest absolute Gasteiger partial charge is 0.188 e. The molecular weight excluding hydrogens is 206 g/mol. The monoisotopic (exact) mass is 215 g/mol. The first kappa shape index (κ1) is 9.24. The molecule has 0 saturated carbocycles. The van der Waals surface area contributed by atoms with Gasteiger partial charge in [-0.3, -0.25) is 0 Å². The van der Waals surface area contributed by atoms with E-state index in [0.717, 1.165) is 35.9 Å². The summed E-state index contributed by atoms with van der Waals surface area (Å²) in [7, 11) is 0. The van der Waals surface area contributed by atoms with Crippen molar-refractivity contribution in [2.75, 3.05) is 12.8 Å². The summed E-state index contributed by atoms with van der Waals surface area (Å²) < 4.78 is 0. The van der Waals surface area contributed by atoms with Gasteiger partial charge in [0.1, 0.15) is 5.15 Å². The first-order chi connectivity index (χ1) is 6.31. The van der Waals surface area contributed by atoms with Crippen molar-refractivity contribution in [1.29, 1.82) is 0 Å². The molecule has 1 aliphatic rings. The minimum Gasteiger partial charge on any atom is -0.312 e. The van der Waals surface area contributed by atoms with Crippen LogP contribution in [0.4, 0.5) is 0 Å². The van der Waals surface area contributed by atoms with Gasteiger partial charge >= 0.3 is 0 Å². The second kappa shape index (κ2) is 3.82. The van der Waals surface area contributed by atoms with Crippen LogP contribution in [0.3, 0.4) is 0 Å². The van der Waals surface area contributed by atoms with Crippen molar-refractivity contribution in [3.63, 3.8) is 0 Å². The van der Waals surface area contributed by atoms with Crippen LogP contribution in [0.15, 0.2) is 5.16 Å². The van der Waals surface area contributed by atoms with Gasteiger partial charge in [0.2, 0.25) is 0 Å². The van der Waals surface area contributed by atoms with Crippen LogP contribution in [0.5, 0.6) is 0 Å². The second-order valence-electron chi connectivity index (χ2n) is 2.85. The fourth-order valence-electron chi connectivity index (χ4n) is 1.37. The number of nitrogens with one attached hydrogen (secondary N) is 1. The van der Waals surface area contributed by atoms with Crippen molar-refractivity contribution in [3.8, 4) is 0 Å². The zero-order chi connectivity index (χ0) is 9.26. The van der Waals surface area contributed by atoms with Crippen LogP contribution in [0.2, 0.25) is 5.15 Å². The van der Waals surface area contributed by atoms with Gasteiger partial charge in [0, 0.05) is 25.1 Å². The Labute approximate surface area is 86.3 Å². The molecule has 0 aromatic carbocycles. The highest BCUT2D eigenvalue weighted by Gasteiger charge is 2.15. The van der Waals surface area contributed by atoms with Crippen molar-refractivity contribution in [2.45, 2.75) is 18.1 Å². The van der Waals surface area contributed by atoms with Gasteiger partial charge in [0.25, 0.3) is 0 Å². The number of thioether (sulfide) groups is 1. The van der Waals surface area contributed by atoms with Crippen LogP contribution in [-0.4, -0.2) is 22.8 Å². The molecule has 5 heteroatoms. The Bertz CT molecular complexity index is 329. The summed E-state index contributed by atoms with van der Waals surface area (Å²) in [6.07, 6.45) is 2.91. The lowest BCUT2D eigenvalue weighted by Gasteiger charge is -2.16. The van der Waals surface area contributed by atoms with E-state index >= 15 is 0 Å². The highest BCUT2D eigenvalue weighted by atomic mass is 35.5. The van der Waals surface area contributed by atoms with E-state index in [2.05, 4.69) is 15.3 Å². The van der Waals surface area contributed by atoms with Gasteiger partial charge in [-0.2, -0.15) is 0 Å². The van der Waals surface area contributed by atoms with Crippen molar-refractivity contribution in [1.82, 2.24) is 15.3 Å². The minimum absolute atomic E-state index is 0.599. The molecule has 0 bridgehead atoms. The van der Waals surface area contributed by atoms with Crippen LogP contribution >= 0.6 is 23.4 Å². The van der Waals surface area contributed by atoms with E-state index in [4.69, 9.17) is 11.6 Å². The van der Waals surface area contributed by atoms with Crippen LogP contribution in [0, 0.1) is 0 Å². The number of halogens is 1. The van der Waals surface area contributed by atoms with Crippen LogP contribution in [0.25, 0.3) is 0 Å². The number of rotatable bonds is 1. The molecule has 70 valence electrons. The first-order valence-electron chi connectivity index (χ1n) is 4.11. The quantitative estimate of drug-likeness (QED) is 0.438. The fraction of sp³-hybridized carbons (Fsp3) is 0.500. The molecule has 2 rings (SSSR count). The highest BCUT2D eigenvalue weighted by molar-refractivity contribution is 7.98. The molecule has 0 saturated heterocycles. The van der Waals surface area contributed by atoms with Crippen molar-refractivity contribution >= 4 is 23.4 Å². The number of hydrogen-bond donors (Lipinski definition) is 1. The lowest BCUT2D eigenvalue weighted by molar-refractivity contribution is 0.616. The van der Waals surface area contributed by atoms with Gasteiger partial charge in [-0.1, -0.05) is 23.4 Å². The molecule has 0 unspecified atom stereocenters. The van der Waals surface area contributed by atoms with Gasteiger partial charge in [-0.25, -0.2) is 9.97 Å².